The molecule has 1 fully saturated rings. The molecule has 1 aromatic rings. The van der Waals surface area contributed by atoms with E-state index in [9.17, 15) is 4.39 Å². The average molecular weight is 237 g/mol. The van der Waals surface area contributed by atoms with Gasteiger partial charge in [0, 0.05) is 25.5 Å². The molecule has 0 aliphatic carbocycles. The van der Waals surface area contributed by atoms with Crippen LogP contribution >= 0.6 is 0 Å². The third-order valence-electron chi connectivity index (χ3n) is 3.30. The van der Waals surface area contributed by atoms with Crippen molar-refractivity contribution in [1.29, 1.82) is 0 Å². The Labute approximate surface area is 102 Å². The van der Waals surface area contributed by atoms with Crippen molar-refractivity contribution in [3.8, 4) is 0 Å². The Kier molecular flexibility index (Phi) is 3.94. The molecule has 2 atom stereocenters. The Bertz CT molecular complexity index is 369. The Hall–Kier alpha value is -1.16. The van der Waals surface area contributed by atoms with Crippen molar-refractivity contribution in [1.82, 2.24) is 9.88 Å². The number of hydrogen-bond donors (Lipinski definition) is 1. The van der Waals surface area contributed by atoms with Crippen molar-refractivity contribution >= 4 is 5.69 Å². The number of aryl methyl sites for hydroxylation is 1. The number of halogens is 1. The van der Waals surface area contributed by atoms with Crippen LogP contribution in [0.3, 0.4) is 0 Å². The van der Waals surface area contributed by atoms with E-state index < -0.39 is 6.17 Å². The van der Waals surface area contributed by atoms with Crippen LogP contribution in [0.2, 0.25) is 0 Å². The lowest BCUT2D eigenvalue weighted by Crippen LogP contribution is -2.46. The summed E-state index contributed by atoms with van der Waals surface area (Å²) >= 11 is 0. The summed E-state index contributed by atoms with van der Waals surface area (Å²) in [6, 6.07) is 1.97. The van der Waals surface area contributed by atoms with Gasteiger partial charge in [-0.05, 0) is 31.5 Å². The third kappa shape index (κ3) is 3.16. The molecular formula is C13H20FN3. The maximum absolute atomic E-state index is 13.8. The van der Waals surface area contributed by atoms with Crippen molar-refractivity contribution in [2.24, 2.45) is 0 Å². The van der Waals surface area contributed by atoms with Gasteiger partial charge in [-0.3, -0.25) is 4.98 Å². The van der Waals surface area contributed by atoms with Gasteiger partial charge in [-0.25, -0.2) is 4.39 Å². The first-order chi connectivity index (χ1) is 8.19. The summed E-state index contributed by atoms with van der Waals surface area (Å²) < 4.78 is 13.8. The van der Waals surface area contributed by atoms with E-state index in [0.717, 1.165) is 25.1 Å². The summed E-state index contributed by atoms with van der Waals surface area (Å²) in [5, 5.41) is 3.26. The van der Waals surface area contributed by atoms with Gasteiger partial charge in [0.15, 0.2) is 0 Å². The largest absolute Gasteiger partial charge is 0.378 e. The minimum atomic E-state index is -0.806. The zero-order valence-corrected chi connectivity index (χ0v) is 10.5. The van der Waals surface area contributed by atoms with E-state index in [2.05, 4.69) is 23.3 Å². The molecule has 1 saturated heterocycles. The van der Waals surface area contributed by atoms with Gasteiger partial charge in [-0.2, -0.15) is 0 Å². The molecule has 1 aliphatic rings. The molecular weight excluding hydrogens is 217 g/mol. The van der Waals surface area contributed by atoms with Gasteiger partial charge < -0.3 is 10.2 Å². The number of nitrogens with zero attached hydrogens (tertiary/aromatic N) is 2. The number of rotatable bonds is 3. The predicted octanol–water partition coefficient (Wildman–Crippen LogP) is 2.10. The molecule has 2 heterocycles. The predicted molar refractivity (Wildman–Crippen MR) is 68.0 cm³/mol. The smallest absolute Gasteiger partial charge is 0.133 e. The highest BCUT2D eigenvalue weighted by Crippen LogP contribution is 2.18. The Morgan fingerprint density at radius 2 is 2.35 bits per heavy atom. The zero-order chi connectivity index (χ0) is 12.3. The third-order valence-corrected chi connectivity index (χ3v) is 3.30. The number of aromatic nitrogens is 1. The van der Waals surface area contributed by atoms with Crippen LogP contribution < -0.4 is 5.32 Å². The molecule has 0 spiro atoms. The molecule has 94 valence electrons. The van der Waals surface area contributed by atoms with Crippen molar-refractivity contribution in [3.05, 3.63) is 24.0 Å². The molecule has 0 saturated carbocycles. The quantitative estimate of drug-likeness (QED) is 0.872. The highest BCUT2D eigenvalue weighted by Gasteiger charge is 2.27. The fourth-order valence-electron chi connectivity index (χ4n) is 2.19. The standard InChI is InChI=1S/C13H20FN3/c1-3-10-6-11(8-15-7-10)16-13-4-5-17(2)9-12(13)14/h6-8,12-13,16H,3-5,9H2,1-2H3. The molecule has 2 unspecified atom stereocenters. The summed E-state index contributed by atoms with van der Waals surface area (Å²) in [5.41, 5.74) is 2.11. The van der Waals surface area contributed by atoms with E-state index in [0.29, 0.717) is 6.54 Å². The number of pyridine rings is 1. The summed E-state index contributed by atoms with van der Waals surface area (Å²) in [6.07, 6.45) is 4.61. The van der Waals surface area contributed by atoms with Gasteiger partial charge >= 0.3 is 0 Å². The second-order valence-electron chi connectivity index (χ2n) is 4.75. The van der Waals surface area contributed by atoms with Gasteiger partial charge in [0.05, 0.1) is 11.7 Å². The molecule has 0 aromatic carbocycles. The van der Waals surface area contributed by atoms with E-state index in [1.54, 1.807) is 6.20 Å². The highest BCUT2D eigenvalue weighted by atomic mass is 19.1. The maximum Gasteiger partial charge on any atom is 0.133 e. The van der Waals surface area contributed by atoms with E-state index in [1.165, 1.54) is 5.56 Å². The first-order valence-electron chi connectivity index (χ1n) is 6.22. The number of alkyl halides is 1. The summed E-state index contributed by atoms with van der Waals surface area (Å²) in [6.45, 7) is 3.55. The maximum atomic E-state index is 13.8. The Morgan fingerprint density at radius 1 is 1.53 bits per heavy atom. The molecule has 17 heavy (non-hydrogen) atoms. The molecule has 1 aliphatic heterocycles. The molecule has 3 nitrogen and oxygen atoms in total. The van der Waals surface area contributed by atoms with Gasteiger partial charge in [0.1, 0.15) is 6.17 Å². The van der Waals surface area contributed by atoms with Gasteiger partial charge in [0.2, 0.25) is 0 Å². The average Bonchev–Trinajstić information content (AvgIpc) is 2.33. The minimum Gasteiger partial charge on any atom is -0.378 e. The van der Waals surface area contributed by atoms with Crippen LogP contribution in [0.1, 0.15) is 18.9 Å². The molecule has 2 rings (SSSR count). The number of hydrogen-bond acceptors (Lipinski definition) is 3. The van der Waals surface area contributed by atoms with E-state index in [4.69, 9.17) is 0 Å². The van der Waals surface area contributed by atoms with E-state index in [-0.39, 0.29) is 6.04 Å². The Balaban J connectivity index is 2.00. The number of piperidine rings is 1. The van der Waals surface area contributed by atoms with Crippen LogP contribution in [-0.2, 0) is 6.42 Å². The number of nitrogens with one attached hydrogen (secondary N) is 1. The van der Waals surface area contributed by atoms with Gasteiger partial charge in [0.25, 0.3) is 0 Å². The van der Waals surface area contributed by atoms with Gasteiger partial charge in [-0.1, -0.05) is 6.92 Å². The molecule has 0 amide bonds. The molecule has 0 bridgehead atoms. The highest BCUT2D eigenvalue weighted by molar-refractivity contribution is 5.44. The Morgan fingerprint density at radius 3 is 3.06 bits per heavy atom. The fourth-order valence-corrected chi connectivity index (χ4v) is 2.19. The van der Waals surface area contributed by atoms with Gasteiger partial charge in [-0.15, -0.1) is 0 Å². The first-order valence-corrected chi connectivity index (χ1v) is 6.22. The lowest BCUT2D eigenvalue weighted by atomic mass is 10.0. The first kappa shape index (κ1) is 12.3. The summed E-state index contributed by atoms with van der Waals surface area (Å²) in [4.78, 5) is 6.20. The topological polar surface area (TPSA) is 28.2 Å². The number of anilines is 1. The SMILES string of the molecule is CCc1cncc(NC2CCN(C)CC2F)c1. The van der Waals surface area contributed by atoms with Crippen molar-refractivity contribution in [2.45, 2.75) is 32.0 Å². The molecule has 1 N–H and O–H groups in total. The lowest BCUT2D eigenvalue weighted by Gasteiger charge is -2.33. The molecule has 0 radical (unpaired) electrons. The van der Waals surface area contributed by atoms with E-state index >= 15 is 0 Å². The van der Waals surface area contributed by atoms with Crippen LogP contribution in [0.25, 0.3) is 0 Å². The van der Waals surface area contributed by atoms with Crippen LogP contribution in [-0.4, -0.2) is 42.2 Å². The summed E-state index contributed by atoms with van der Waals surface area (Å²) in [5.74, 6) is 0. The second-order valence-corrected chi connectivity index (χ2v) is 4.75. The monoisotopic (exact) mass is 237 g/mol. The van der Waals surface area contributed by atoms with Crippen molar-refractivity contribution in [2.75, 3.05) is 25.5 Å². The second kappa shape index (κ2) is 5.45. The molecule has 4 heteroatoms. The normalized spacial score (nSPS) is 25.8. The van der Waals surface area contributed by atoms with Crippen LogP contribution in [0.5, 0.6) is 0 Å². The van der Waals surface area contributed by atoms with E-state index in [1.807, 2.05) is 18.1 Å². The van der Waals surface area contributed by atoms with Crippen LogP contribution in [0, 0.1) is 0 Å². The van der Waals surface area contributed by atoms with Crippen molar-refractivity contribution < 1.29 is 4.39 Å². The lowest BCUT2D eigenvalue weighted by molar-refractivity contribution is 0.149. The number of likely N-dealkylation sites (tertiary alicyclic amines) is 1. The summed E-state index contributed by atoms with van der Waals surface area (Å²) in [7, 11) is 1.96. The van der Waals surface area contributed by atoms with Crippen LogP contribution in [0.15, 0.2) is 18.5 Å². The minimum absolute atomic E-state index is 0.0832. The van der Waals surface area contributed by atoms with Crippen molar-refractivity contribution in [3.63, 3.8) is 0 Å². The van der Waals surface area contributed by atoms with Crippen LogP contribution in [0.4, 0.5) is 10.1 Å². The zero-order valence-electron chi connectivity index (χ0n) is 10.5. The fraction of sp³-hybridized carbons (Fsp3) is 0.615. The molecule has 1 aromatic heterocycles.